The molecule has 3 fully saturated rings. The quantitative estimate of drug-likeness (QED) is 0.863. The molecule has 2 atom stereocenters. The summed E-state index contributed by atoms with van der Waals surface area (Å²) in [6.07, 6.45) is 8.18. The summed E-state index contributed by atoms with van der Waals surface area (Å²) in [7, 11) is 0. The maximum atomic E-state index is 12.4. The summed E-state index contributed by atoms with van der Waals surface area (Å²) in [5, 5.41) is 3.35. The molecule has 126 valence electrons. The first-order valence-corrected chi connectivity index (χ1v) is 9.36. The fourth-order valence-electron chi connectivity index (χ4n) is 4.20. The lowest BCUT2D eigenvalue weighted by Crippen LogP contribution is -2.57. The van der Waals surface area contributed by atoms with E-state index < -0.39 is 0 Å². The van der Waals surface area contributed by atoms with Crippen LogP contribution in [0.25, 0.3) is 0 Å². The van der Waals surface area contributed by atoms with Crippen molar-refractivity contribution >= 4 is 5.91 Å². The fourth-order valence-corrected chi connectivity index (χ4v) is 4.20. The van der Waals surface area contributed by atoms with Crippen molar-refractivity contribution in [3.8, 4) is 0 Å². The number of piperidine rings is 1. The van der Waals surface area contributed by atoms with Crippen molar-refractivity contribution in [2.24, 2.45) is 23.2 Å². The van der Waals surface area contributed by atoms with Gasteiger partial charge >= 0.3 is 0 Å². The van der Waals surface area contributed by atoms with E-state index in [1.807, 2.05) is 20.8 Å². The molecule has 1 heterocycles. The van der Waals surface area contributed by atoms with Crippen LogP contribution in [-0.4, -0.2) is 36.0 Å². The molecule has 1 amide bonds. The van der Waals surface area contributed by atoms with Crippen LogP contribution in [0.3, 0.4) is 0 Å². The van der Waals surface area contributed by atoms with Gasteiger partial charge in [0.05, 0.1) is 0 Å². The first kappa shape index (κ1) is 16.3. The Labute approximate surface area is 136 Å². The van der Waals surface area contributed by atoms with Gasteiger partial charge in [0.15, 0.2) is 0 Å². The standard InChI is InChI=1S/C19H34N2O/c1-13-7-17(8-13)21-11-15(9-14-5-6-14)10-16(12-21)20-18(22)19(2,3)4/h13-17H,5-12H2,1-4H3,(H,20,22). The van der Waals surface area contributed by atoms with Gasteiger partial charge in [-0.05, 0) is 43.4 Å². The van der Waals surface area contributed by atoms with E-state index in [2.05, 4.69) is 17.1 Å². The molecule has 1 N–H and O–H groups in total. The SMILES string of the molecule is CC1CC(N2CC(CC3CC3)CC(NC(=O)C(C)(C)C)C2)C1. The smallest absolute Gasteiger partial charge is 0.225 e. The fraction of sp³-hybridized carbons (Fsp3) is 0.947. The summed E-state index contributed by atoms with van der Waals surface area (Å²) in [5.74, 6) is 2.90. The van der Waals surface area contributed by atoms with E-state index in [4.69, 9.17) is 0 Å². The minimum Gasteiger partial charge on any atom is -0.352 e. The Morgan fingerprint density at radius 1 is 1.09 bits per heavy atom. The molecule has 3 rings (SSSR count). The lowest BCUT2D eigenvalue weighted by Gasteiger charge is -2.48. The highest BCUT2D eigenvalue weighted by Crippen LogP contribution is 2.40. The molecule has 1 saturated heterocycles. The van der Waals surface area contributed by atoms with Gasteiger partial charge in [0.1, 0.15) is 0 Å². The molecule has 3 heteroatoms. The van der Waals surface area contributed by atoms with Crippen molar-refractivity contribution < 1.29 is 4.79 Å². The molecule has 0 bridgehead atoms. The highest BCUT2D eigenvalue weighted by molar-refractivity contribution is 5.81. The molecule has 0 aromatic rings. The number of hydrogen-bond acceptors (Lipinski definition) is 2. The van der Waals surface area contributed by atoms with Gasteiger partial charge in [0, 0.05) is 30.6 Å². The summed E-state index contributed by atoms with van der Waals surface area (Å²) < 4.78 is 0. The van der Waals surface area contributed by atoms with Gasteiger partial charge in [0.25, 0.3) is 0 Å². The minimum atomic E-state index is -0.279. The van der Waals surface area contributed by atoms with Gasteiger partial charge in [-0.1, -0.05) is 40.5 Å². The van der Waals surface area contributed by atoms with E-state index in [9.17, 15) is 4.79 Å². The number of nitrogens with one attached hydrogen (secondary N) is 1. The molecule has 0 radical (unpaired) electrons. The van der Waals surface area contributed by atoms with Crippen LogP contribution in [0.4, 0.5) is 0 Å². The van der Waals surface area contributed by atoms with Gasteiger partial charge in [-0.15, -0.1) is 0 Å². The number of rotatable bonds is 4. The molecule has 3 nitrogen and oxygen atoms in total. The normalized spacial score (nSPS) is 36.7. The summed E-state index contributed by atoms with van der Waals surface area (Å²) in [5.41, 5.74) is -0.279. The monoisotopic (exact) mass is 306 g/mol. The summed E-state index contributed by atoms with van der Waals surface area (Å²) in [4.78, 5) is 15.1. The van der Waals surface area contributed by atoms with Crippen molar-refractivity contribution in [2.75, 3.05) is 13.1 Å². The zero-order valence-electron chi connectivity index (χ0n) is 14.9. The second-order valence-corrected chi connectivity index (χ2v) is 9.39. The molecule has 22 heavy (non-hydrogen) atoms. The zero-order valence-corrected chi connectivity index (χ0v) is 14.9. The second kappa shape index (κ2) is 6.14. The lowest BCUT2D eigenvalue weighted by atomic mass is 9.78. The maximum Gasteiger partial charge on any atom is 0.225 e. The van der Waals surface area contributed by atoms with Gasteiger partial charge in [-0.2, -0.15) is 0 Å². The third-order valence-electron chi connectivity index (χ3n) is 5.81. The van der Waals surface area contributed by atoms with Crippen LogP contribution < -0.4 is 5.32 Å². The van der Waals surface area contributed by atoms with Crippen molar-refractivity contribution in [3.63, 3.8) is 0 Å². The Bertz CT molecular complexity index is 404. The van der Waals surface area contributed by atoms with Crippen LogP contribution in [0.2, 0.25) is 0 Å². The molecule has 3 aliphatic rings. The Kier molecular flexibility index (Phi) is 4.55. The molecule has 2 unspecified atom stereocenters. The average Bonchev–Trinajstić information content (AvgIpc) is 3.17. The number of hydrogen-bond donors (Lipinski definition) is 1. The van der Waals surface area contributed by atoms with Crippen molar-refractivity contribution in [2.45, 2.75) is 78.3 Å². The van der Waals surface area contributed by atoms with Gasteiger partial charge in [-0.25, -0.2) is 0 Å². The van der Waals surface area contributed by atoms with E-state index in [-0.39, 0.29) is 11.3 Å². The van der Waals surface area contributed by atoms with E-state index in [0.717, 1.165) is 30.3 Å². The highest BCUT2D eigenvalue weighted by Gasteiger charge is 2.39. The molecule has 0 aromatic heterocycles. The highest BCUT2D eigenvalue weighted by atomic mass is 16.2. The van der Waals surface area contributed by atoms with Crippen LogP contribution in [0.1, 0.15) is 66.2 Å². The maximum absolute atomic E-state index is 12.4. The van der Waals surface area contributed by atoms with E-state index in [0.29, 0.717) is 6.04 Å². The number of carbonyl (C=O) groups is 1. The second-order valence-electron chi connectivity index (χ2n) is 9.39. The van der Waals surface area contributed by atoms with Crippen molar-refractivity contribution in [3.05, 3.63) is 0 Å². The van der Waals surface area contributed by atoms with Crippen LogP contribution in [-0.2, 0) is 4.79 Å². The van der Waals surface area contributed by atoms with Crippen molar-refractivity contribution in [1.82, 2.24) is 10.2 Å². The van der Waals surface area contributed by atoms with Crippen LogP contribution in [0.15, 0.2) is 0 Å². The summed E-state index contributed by atoms with van der Waals surface area (Å²) in [6.45, 7) is 10.7. The predicted octanol–water partition coefficient (Wildman–Crippen LogP) is 3.44. The number of carbonyl (C=O) groups excluding carboxylic acids is 1. The Balaban J connectivity index is 1.59. The summed E-state index contributed by atoms with van der Waals surface area (Å²) in [6, 6.07) is 1.14. The number of likely N-dealkylation sites (tertiary alicyclic amines) is 1. The Hall–Kier alpha value is -0.570. The topological polar surface area (TPSA) is 32.3 Å². The number of nitrogens with zero attached hydrogens (tertiary/aromatic N) is 1. The van der Waals surface area contributed by atoms with Crippen molar-refractivity contribution in [1.29, 1.82) is 0 Å². The van der Waals surface area contributed by atoms with Gasteiger partial charge < -0.3 is 5.32 Å². The molecule has 0 aromatic carbocycles. The molecular weight excluding hydrogens is 272 g/mol. The lowest BCUT2D eigenvalue weighted by molar-refractivity contribution is -0.130. The van der Waals surface area contributed by atoms with Gasteiger partial charge in [0.2, 0.25) is 5.91 Å². The predicted molar refractivity (Wildman–Crippen MR) is 90.6 cm³/mol. The minimum absolute atomic E-state index is 0.214. The first-order chi connectivity index (χ1) is 10.3. The Morgan fingerprint density at radius 2 is 1.77 bits per heavy atom. The Morgan fingerprint density at radius 3 is 2.32 bits per heavy atom. The average molecular weight is 306 g/mol. The van der Waals surface area contributed by atoms with E-state index in [1.54, 1.807) is 0 Å². The molecule has 2 saturated carbocycles. The molecule has 1 aliphatic heterocycles. The van der Waals surface area contributed by atoms with Crippen LogP contribution in [0, 0.1) is 23.2 Å². The summed E-state index contributed by atoms with van der Waals surface area (Å²) >= 11 is 0. The molecular formula is C19H34N2O. The van der Waals surface area contributed by atoms with E-state index >= 15 is 0 Å². The third kappa shape index (κ3) is 4.04. The zero-order chi connectivity index (χ0) is 15.9. The molecule has 2 aliphatic carbocycles. The van der Waals surface area contributed by atoms with Gasteiger partial charge in [-0.3, -0.25) is 9.69 Å². The third-order valence-corrected chi connectivity index (χ3v) is 5.81. The van der Waals surface area contributed by atoms with Crippen LogP contribution >= 0.6 is 0 Å². The van der Waals surface area contributed by atoms with Crippen LogP contribution in [0.5, 0.6) is 0 Å². The largest absolute Gasteiger partial charge is 0.352 e. The van der Waals surface area contributed by atoms with E-state index in [1.165, 1.54) is 45.1 Å². The molecule has 0 spiro atoms. The first-order valence-electron chi connectivity index (χ1n) is 9.36. The number of amides is 1.